The van der Waals surface area contributed by atoms with Crippen molar-refractivity contribution in [2.45, 2.75) is 91.3 Å². The molecule has 1 fully saturated rings. The van der Waals surface area contributed by atoms with Crippen molar-refractivity contribution in [3.8, 4) is 0 Å². The van der Waals surface area contributed by atoms with Gasteiger partial charge in [-0.15, -0.1) is 0 Å². The van der Waals surface area contributed by atoms with Crippen molar-refractivity contribution in [2.75, 3.05) is 25.0 Å². The lowest BCUT2D eigenvalue weighted by Crippen LogP contribution is -2.55. The maximum atomic E-state index is 14.4. The lowest BCUT2D eigenvalue weighted by molar-refractivity contribution is 0.00594. The van der Waals surface area contributed by atoms with Gasteiger partial charge >= 0.3 is 11.8 Å². The number of amides is 2. The number of furan rings is 1. The van der Waals surface area contributed by atoms with Crippen molar-refractivity contribution in [3.05, 3.63) is 58.1 Å². The number of aromatic amines is 1. The van der Waals surface area contributed by atoms with Crippen LogP contribution in [0.1, 0.15) is 95.5 Å². The van der Waals surface area contributed by atoms with E-state index in [4.69, 9.17) is 18.7 Å². The van der Waals surface area contributed by atoms with Gasteiger partial charge in [0.2, 0.25) is 0 Å². The number of carbonyl (C=O) groups is 2. The van der Waals surface area contributed by atoms with E-state index in [9.17, 15) is 14.4 Å². The molecule has 1 unspecified atom stereocenters. The fraction of sp³-hybridized carbons (Fsp3) is 0.600. The summed E-state index contributed by atoms with van der Waals surface area (Å²) >= 11 is 0. The van der Waals surface area contributed by atoms with Gasteiger partial charge in [-0.1, -0.05) is 39.8 Å². The molecular formula is C30H43N7O6. The van der Waals surface area contributed by atoms with Gasteiger partial charge < -0.3 is 24.3 Å². The zero-order valence-electron chi connectivity index (χ0n) is 26.3. The van der Waals surface area contributed by atoms with Gasteiger partial charge in [0, 0.05) is 37.2 Å². The summed E-state index contributed by atoms with van der Waals surface area (Å²) in [4.78, 5) is 54.7. The van der Waals surface area contributed by atoms with Gasteiger partial charge in [0.25, 0.3) is 5.91 Å². The first-order chi connectivity index (χ1) is 20.1. The van der Waals surface area contributed by atoms with Crippen LogP contribution in [-0.4, -0.2) is 73.2 Å². The number of anilines is 1. The molecular weight excluding hydrogens is 554 g/mol. The first kappa shape index (κ1) is 31.8. The average molecular weight is 598 g/mol. The zero-order chi connectivity index (χ0) is 31.5. The molecule has 4 heterocycles. The minimum Gasteiger partial charge on any atom is -0.467 e. The largest absolute Gasteiger partial charge is 0.467 e. The summed E-state index contributed by atoms with van der Waals surface area (Å²) in [7, 11) is 0. The fourth-order valence-electron chi connectivity index (χ4n) is 4.95. The molecule has 2 amide bonds. The van der Waals surface area contributed by atoms with Crippen molar-refractivity contribution < 1.29 is 23.3 Å². The van der Waals surface area contributed by atoms with Crippen molar-refractivity contribution in [1.82, 2.24) is 29.9 Å². The minimum absolute atomic E-state index is 0.112. The molecule has 0 spiro atoms. The predicted molar refractivity (Wildman–Crippen MR) is 159 cm³/mol. The quantitative estimate of drug-likeness (QED) is 0.377. The topological polar surface area (TPSA) is 160 Å². The lowest BCUT2D eigenvalue weighted by Gasteiger charge is -2.43. The van der Waals surface area contributed by atoms with Crippen LogP contribution in [0.15, 0.2) is 38.3 Å². The van der Waals surface area contributed by atoms with Crippen molar-refractivity contribution in [2.24, 2.45) is 5.92 Å². The number of likely N-dealkylation sites (tertiary alicyclic amines) is 1. The third-order valence-electron chi connectivity index (χ3n) is 6.89. The maximum Gasteiger partial charge on any atom is 0.438 e. The number of hydrogen-bond acceptors (Lipinski definition) is 10. The van der Waals surface area contributed by atoms with Gasteiger partial charge in [-0.3, -0.25) is 14.3 Å². The lowest BCUT2D eigenvalue weighted by atomic mass is 9.91. The van der Waals surface area contributed by atoms with E-state index in [0.717, 1.165) is 0 Å². The Bertz CT molecular complexity index is 1450. The van der Waals surface area contributed by atoms with Crippen LogP contribution in [0.4, 0.5) is 10.6 Å². The van der Waals surface area contributed by atoms with Crippen molar-refractivity contribution in [1.29, 1.82) is 0 Å². The number of rotatable bonds is 8. The van der Waals surface area contributed by atoms with E-state index in [1.165, 1.54) is 0 Å². The van der Waals surface area contributed by atoms with Gasteiger partial charge in [-0.25, -0.2) is 19.6 Å². The summed E-state index contributed by atoms with van der Waals surface area (Å²) in [5.74, 6) is 0.755. The number of ether oxygens (including phenoxy) is 1. The molecule has 3 aromatic rings. The summed E-state index contributed by atoms with van der Waals surface area (Å²) < 4.78 is 15.9. The monoisotopic (exact) mass is 597 g/mol. The molecule has 13 heteroatoms. The Balaban J connectivity index is 1.71. The SMILES string of the molecule is CC(C)CN(C(=O)c1cnc(C(C)(C)C)nc1NCc1ccco1)C1C[C@@H](c2noc(=O)[nH]2)CN(C(=O)OC(C)(C)C)C1. The molecule has 13 nitrogen and oxygen atoms in total. The molecule has 1 aliphatic heterocycles. The average Bonchev–Trinajstić information content (AvgIpc) is 3.60. The molecule has 0 aromatic carbocycles. The first-order valence-corrected chi connectivity index (χ1v) is 14.6. The van der Waals surface area contributed by atoms with Gasteiger partial charge in [-0.2, -0.15) is 0 Å². The van der Waals surface area contributed by atoms with Crippen LogP contribution < -0.4 is 11.1 Å². The number of hydrogen-bond donors (Lipinski definition) is 2. The standard InChI is InChI=1S/C30H43N7O6/c1-18(2)15-37(20-12-19(23-34-27(39)43-35-23)16-36(17-20)28(40)42-30(6,7)8)25(38)22-14-32-26(29(3,4)5)33-24(22)31-13-21-10-9-11-41-21/h9-11,14,18-20H,12-13,15-17H2,1-8H3,(H,31,32,33)(H,34,35,39)/t19-,20?/m1/s1. The Morgan fingerprint density at radius 1 is 1.21 bits per heavy atom. The first-order valence-electron chi connectivity index (χ1n) is 14.6. The number of nitrogens with one attached hydrogen (secondary N) is 2. The Morgan fingerprint density at radius 2 is 1.95 bits per heavy atom. The van der Waals surface area contributed by atoms with E-state index >= 15 is 0 Å². The van der Waals surface area contributed by atoms with Crippen molar-refractivity contribution >= 4 is 17.8 Å². The van der Waals surface area contributed by atoms with E-state index in [2.05, 4.69) is 20.4 Å². The highest BCUT2D eigenvalue weighted by Crippen LogP contribution is 2.31. The number of carbonyl (C=O) groups excluding carboxylic acids is 2. The molecule has 1 aliphatic rings. The summed E-state index contributed by atoms with van der Waals surface area (Å²) in [6, 6.07) is 3.21. The predicted octanol–water partition coefficient (Wildman–Crippen LogP) is 4.55. The van der Waals surface area contributed by atoms with Crippen LogP contribution in [0.25, 0.3) is 0 Å². The Morgan fingerprint density at radius 3 is 2.53 bits per heavy atom. The number of aromatic nitrogens is 4. The molecule has 0 saturated carbocycles. The molecule has 0 bridgehead atoms. The number of piperidine rings is 1. The summed E-state index contributed by atoms with van der Waals surface area (Å²) in [6.07, 6.45) is 3.08. The smallest absolute Gasteiger partial charge is 0.438 e. The minimum atomic E-state index is -0.712. The molecule has 0 radical (unpaired) electrons. The van der Waals surface area contributed by atoms with Crippen LogP contribution in [0.5, 0.6) is 0 Å². The van der Waals surface area contributed by atoms with Gasteiger partial charge in [0.15, 0.2) is 5.82 Å². The second kappa shape index (κ2) is 12.6. The van der Waals surface area contributed by atoms with E-state index in [0.29, 0.717) is 48.3 Å². The second-order valence-electron chi connectivity index (χ2n) is 13.4. The van der Waals surface area contributed by atoms with Crippen LogP contribution >= 0.6 is 0 Å². The Labute approximate surface area is 251 Å². The van der Waals surface area contributed by atoms with Gasteiger partial charge in [-0.05, 0) is 45.2 Å². The molecule has 0 aliphatic carbocycles. The van der Waals surface area contributed by atoms with Gasteiger partial charge in [0.05, 0.1) is 18.8 Å². The second-order valence-corrected chi connectivity index (χ2v) is 13.4. The summed E-state index contributed by atoms with van der Waals surface area (Å²) in [5.41, 5.74) is -0.754. The third kappa shape index (κ3) is 8.23. The Kier molecular flexibility index (Phi) is 9.31. The van der Waals surface area contributed by atoms with Crippen molar-refractivity contribution in [3.63, 3.8) is 0 Å². The number of nitrogens with zero attached hydrogens (tertiary/aromatic N) is 5. The summed E-state index contributed by atoms with van der Waals surface area (Å²) in [5, 5.41) is 7.17. The van der Waals surface area contributed by atoms with Crippen LogP contribution in [0.3, 0.4) is 0 Å². The highest BCUT2D eigenvalue weighted by atomic mass is 16.6. The number of H-pyrrole nitrogens is 1. The molecule has 3 aromatic heterocycles. The summed E-state index contributed by atoms with van der Waals surface area (Å²) in [6.45, 7) is 16.7. The normalized spacial score (nSPS) is 17.7. The van der Waals surface area contributed by atoms with E-state index in [1.54, 1.807) is 49.1 Å². The molecule has 234 valence electrons. The van der Waals surface area contributed by atoms with Gasteiger partial charge in [0.1, 0.15) is 28.6 Å². The Hall–Kier alpha value is -4.16. The van der Waals surface area contributed by atoms with Crippen LogP contribution in [-0.2, 0) is 16.7 Å². The van der Waals surface area contributed by atoms with E-state index in [1.807, 2.05) is 40.7 Å². The zero-order valence-corrected chi connectivity index (χ0v) is 26.3. The molecule has 2 atom stereocenters. The molecule has 43 heavy (non-hydrogen) atoms. The fourth-order valence-corrected chi connectivity index (χ4v) is 4.95. The van der Waals surface area contributed by atoms with E-state index < -0.39 is 29.4 Å². The van der Waals surface area contributed by atoms with Crippen LogP contribution in [0, 0.1) is 5.92 Å². The highest BCUT2D eigenvalue weighted by molar-refractivity contribution is 5.98. The van der Waals surface area contributed by atoms with Crippen LogP contribution in [0.2, 0.25) is 0 Å². The highest BCUT2D eigenvalue weighted by Gasteiger charge is 2.40. The molecule has 4 rings (SSSR count). The van der Waals surface area contributed by atoms with E-state index in [-0.39, 0.29) is 30.3 Å². The third-order valence-corrected chi connectivity index (χ3v) is 6.89. The maximum absolute atomic E-state index is 14.4. The molecule has 1 saturated heterocycles. The molecule has 2 N–H and O–H groups in total.